The van der Waals surface area contributed by atoms with Gasteiger partial charge in [0.1, 0.15) is 11.5 Å². The van der Waals surface area contributed by atoms with E-state index in [0.29, 0.717) is 0 Å². The summed E-state index contributed by atoms with van der Waals surface area (Å²) in [4.78, 5) is 0. The van der Waals surface area contributed by atoms with Gasteiger partial charge in [-0.1, -0.05) is 31.2 Å². The molecule has 2 aromatic carbocycles. The van der Waals surface area contributed by atoms with Crippen molar-refractivity contribution in [3.8, 4) is 11.5 Å². The van der Waals surface area contributed by atoms with Crippen LogP contribution in [0.5, 0.6) is 11.5 Å². The molecule has 0 aromatic heterocycles. The Hall–Kier alpha value is -1.80. The number of ether oxygens (including phenoxy) is 1. The average Bonchev–Trinajstić information content (AvgIpc) is 2.43. The van der Waals surface area contributed by atoms with E-state index < -0.39 is 6.10 Å². The standard InChI is InChI=1S/C17H20O2/c1-4-16(18)14-7-9-15(10-8-14)19-17-11-12(2)5-6-13(17)3/h5-11,16,18H,4H2,1-3H3/t16-/m0/s1. The molecule has 0 saturated carbocycles. The maximum atomic E-state index is 9.75. The number of rotatable bonds is 4. The minimum atomic E-state index is -0.394. The lowest BCUT2D eigenvalue weighted by molar-refractivity contribution is 0.173. The summed E-state index contributed by atoms with van der Waals surface area (Å²) in [5, 5.41) is 9.75. The van der Waals surface area contributed by atoms with Crippen LogP contribution >= 0.6 is 0 Å². The molecule has 2 rings (SSSR count). The molecule has 0 unspecified atom stereocenters. The van der Waals surface area contributed by atoms with Gasteiger partial charge in [0, 0.05) is 0 Å². The lowest BCUT2D eigenvalue weighted by atomic mass is 10.1. The molecular formula is C17H20O2. The van der Waals surface area contributed by atoms with Crippen molar-refractivity contribution >= 4 is 0 Å². The summed E-state index contributed by atoms with van der Waals surface area (Å²) in [6.45, 7) is 6.04. The van der Waals surface area contributed by atoms with Gasteiger partial charge in [-0.3, -0.25) is 0 Å². The Morgan fingerprint density at radius 2 is 1.74 bits per heavy atom. The van der Waals surface area contributed by atoms with Crippen LogP contribution in [0.1, 0.15) is 36.1 Å². The van der Waals surface area contributed by atoms with Crippen LogP contribution in [-0.4, -0.2) is 5.11 Å². The maximum absolute atomic E-state index is 9.75. The molecule has 0 fully saturated rings. The zero-order chi connectivity index (χ0) is 13.8. The topological polar surface area (TPSA) is 29.5 Å². The Kier molecular flexibility index (Phi) is 4.23. The number of aliphatic hydroxyl groups excluding tert-OH is 1. The fraction of sp³-hybridized carbons (Fsp3) is 0.294. The second kappa shape index (κ2) is 5.89. The van der Waals surface area contributed by atoms with Crippen LogP contribution in [0.25, 0.3) is 0 Å². The largest absolute Gasteiger partial charge is 0.457 e. The van der Waals surface area contributed by atoms with Gasteiger partial charge in [-0.15, -0.1) is 0 Å². The Labute approximate surface area is 114 Å². The van der Waals surface area contributed by atoms with Gasteiger partial charge in [0.15, 0.2) is 0 Å². The molecule has 1 N–H and O–H groups in total. The van der Waals surface area contributed by atoms with Crippen molar-refractivity contribution in [3.63, 3.8) is 0 Å². The van der Waals surface area contributed by atoms with E-state index in [2.05, 4.69) is 12.1 Å². The number of aryl methyl sites for hydroxylation is 2. The van der Waals surface area contributed by atoms with Gasteiger partial charge in [-0.25, -0.2) is 0 Å². The van der Waals surface area contributed by atoms with E-state index in [1.807, 2.05) is 51.1 Å². The van der Waals surface area contributed by atoms with Crippen LogP contribution < -0.4 is 4.74 Å². The highest BCUT2D eigenvalue weighted by molar-refractivity contribution is 5.40. The van der Waals surface area contributed by atoms with Crippen LogP contribution in [-0.2, 0) is 0 Å². The zero-order valence-electron chi connectivity index (χ0n) is 11.7. The third-order valence-corrected chi connectivity index (χ3v) is 3.22. The van der Waals surface area contributed by atoms with Gasteiger partial charge >= 0.3 is 0 Å². The van der Waals surface area contributed by atoms with Crippen molar-refractivity contribution < 1.29 is 9.84 Å². The smallest absolute Gasteiger partial charge is 0.130 e. The van der Waals surface area contributed by atoms with Crippen molar-refractivity contribution in [2.24, 2.45) is 0 Å². The summed E-state index contributed by atoms with van der Waals surface area (Å²) in [5.74, 6) is 1.67. The molecule has 0 spiro atoms. The van der Waals surface area contributed by atoms with Crippen molar-refractivity contribution in [1.82, 2.24) is 0 Å². The molecule has 0 radical (unpaired) electrons. The third-order valence-electron chi connectivity index (χ3n) is 3.22. The molecule has 2 aromatic rings. The SMILES string of the molecule is CC[C@H](O)c1ccc(Oc2cc(C)ccc2C)cc1. The Morgan fingerprint density at radius 3 is 2.37 bits per heavy atom. The van der Waals surface area contributed by atoms with Crippen molar-refractivity contribution in [3.05, 3.63) is 59.2 Å². The molecule has 2 nitrogen and oxygen atoms in total. The first kappa shape index (κ1) is 13.6. The fourth-order valence-electron chi connectivity index (χ4n) is 1.94. The summed E-state index contributed by atoms with van der Waals surface area (Å²) in [6, 6.07) is 13.8. The number of hydrogen-bond donors (Lipinski definition) is 1. The van der Waals surface area contributed by atoms with Crippen molar-refractivity contribution in [1.29, 1.82) is 0 Å². The predicted octanol–water partition coefficient (Wildman–Crippen LogP) is 4.54. The van der Waals surface area contributed by atoms with Gasteiger partial charge in [0.25, 0.3) is 0 Å². The number of benzene rings is 2. The normalized spacial score (nSPS) is 12.2. The minimum absolute atomic E-state index is 0.394. The molecule has 0 aliphatic carbocycles. The first-order chi connectivity index (χ1) is 9.10. The second-order valence-corrected chi connectivity index (χ2v) is 4.86. The Balaban J connectivity index is 2.17. The van der Waals surface area contributed by atoms with Crippen molar-refractivity contribution in [2.75, 3.05) is 0 Å². The molecule has 0 aliphatic rings. The highest BCUT2D eigenvalue weighted by Crippen LogP contribution is 2.27. The van der Waals surface area contributed by atoms with Gasteiger partial charge in [0.2, 0.25) is 0 Å². The van der Waals surface area contributed by atoms with E-state index in [1.165, 1.54) is 5.56 Å². The van der Waals surface area contributed by atoms with Crippen LogP contribution in [0.4, 0.5) is 0 Å². The second-order valence-electron chi connectivity index (χ2n) is 4.86. The summed E-state index contributed by atoms with van der Waals surface area (Å²) >= 11 is 0. The molecule has 0 saturated heterocycles. The van der Waals surface area contributed by atoms with Gasteiger partial charge in [-0.05, 0) is 55.2 Å². The number of aliphatic hydroxyl groups is 1. The van der Waals surface area contributed by atoms with Crippen LogP contribution in [0.2, 0.25) is 0 Å². The van der Waals surface area contributed by atoms with Gasteiger partial charge in [-0.2, -0.15) is 0 Å². The first-order valence-corrected chi connectivity index (χ1v) is 6.63. The monoisotopic (exact) mass is 256 g/mol. The quantitative estimate of drug-likeness (QED) is 0.870. The molecule has 0 heterocycles. The molecule has 1 atom stereocenters. The molecule has 19 heavy (non-hydrogen) atoms. The van der Waals surface area contributed by atoms with E-state index in [9.17, 15) is 5.11 Å². The predicted molar refractivity (Wildman–Crippen MR) is 77.7 cm³/mol. The molecule has 0 bridgehead atoms. The molecule has 0 amide bonds. The first-order valence-electron chi connectivity index (χ1n) is 6.63. The molecular weight excluding hydrogens is 236 g/mol. The highest BCUT2D eigenvalue weighted by atomic mass is 16.5. The highest BCUT2D eigenvalue weighted by Gasteiger charge is 2.06. The fourth-order valence-corrected chi connectivity index (χ4v) is 1.94. The summed E-state index contributed by atoms with van der Waals surface area (Å²) in [5.41, 5.74) is 3.22. The van der Waals surface area contributed by atoms with E-state index in [4.69, 9.17) is 4.74 Å². The van der Waals surface area contributed by atoms with E-state index >= 15 is 0 Å². The van der Waals surface area contributed by atoms with Gasteiger partial charge in [0.05, 0.1) is 6.10 Å². The lowest BCUT2D eigenvalue weighted by Gasteiger charge is -2.11. The summed E-state index contributed by atoms with van der Waals surface area (Å²) in [6.07, 6.45) is 0.326. The minimum Gasteiger partial charge on any atom is -0.457 e. The summed E-state index contributed by atoms with van der Waals surface area (Å²) in [7, 11) is 0. The van der Waals surface area contributed by atoms with Crippen molar-refractivity contribution in [2.45, 2.75) is 33.3 Å². The summed E-state index contributed by atoms with van der Waals surface area (Å²) < 4.78 is 5.88. The Bertz CT molecular complexity index is 544. The molecule has 2 heteroatoms. The van der Waals surface area contributed by atoms with E-state index in [0.717, 1.165) is 29.0 Å². The van der Waals surface area contributed by atoms with Gasteiger partial charge < -0.3 is 9.84 Å². The molecule has 0 aliphatic heterocycles. The average molecular weight is 256 g/mol. The Morgan fingerprint density at radius 1 is 1.05 bits per heavy atom. The third kappa shape index (κ3) is 3.36. The van der Waals surface area contributed by atoms with E-state index in [-0.39, 0.29) is 0 Å². The zero-order valence-corrected chi connectivity index (χ0v) is 11.7. The maximum Gasteiger partial charge on any atom is 0.130 e. The van der Waals surface area contributed by atoms with Crippen LogP contribution in [0.15, 0.2) is 42.5 Å². The van der Waals surface area contributed by atoms with Crippen LogP contribution in [0, 0.1) is 13.8 Å². The van der Waals surface area contributed by atoms with Crippen LogP contribution in [0.3, 0.4) is 0 Å². The number of hydrogen-bond acceptors (Lipinski definition) is 2. The van der Waals surface area contributed by atoms with E-state index in [1.54, 1.807) is 0 Å². The molecule has 100 valence electrons. The lowest BCUT2D eigenvalue weighted by Crippen LogP contribution is -1.95.